The van der Waals surface area contributed by atoms with Crippen molar-refractivity contribution in [1.82, 2.24) is 0 Å². The first-order valence-corrected chi connectivity index (χ1v) is 6.23. The van der Waals surface area contributed by atoms with Crippen molar-refractivity contribution in [2.45, 2.75) is 0 Å². The van der Waals surface area contributed by atoms with Crippen molar-refractivity contribution in [1.29, 1.82) is 5.26 Å². The van der Waals surface area contributed by atoms with Gasteiger partial charge in [-0.2, -0.15) is 5.26 Å². The van der Waals surface area contributed by atoms with E-state index in [-0.39, 0.29) is 0 Å². The predicted octanol–water partition coefficient (Wildman–Crippen LogP) is 3.11. The zero-order chi connectivity index (χ0) is 13.0. The van der Waals surface area contributed by atoms with Crippen LogP contribution >= 0.6 is 11.3 Å². The standard InChI is InChI=1S/C14H12N2OS/c1-17-12-6-3-2-5-10(12)14(16)11(9-15)13-7-4-8-18-13/h2-8H,16H2,1H3/b14-11+. The van der Waals surface area contributed by atoms with Gasteiger partial charge in [-0.15, -0.1) is 11.3 Å². The van der Waals surface area contributed by atoms with Crippen molar-refractivity contribution in [3.8, 4) is 11.8 Å². The van der Waals surface area contributed by atoms with Gasteiger partial charge in [0.25, 0.3) is 0 Å². The summed E-state index contributed by atoms with van der Waals surface area (Å²) in [6, 6.07) is 13.3. The number of hydrogen-bond acceptors (Lipinski definition) is 4. The molecule has 0 aliphatic carbocycles. The highest BCUT2D eigenvalue weighted by molar-refractivity contribution is 7.11. The Balaban J connectivity index is 2.58. The van der Waals surface area contributed by atoms with Crippen molar-refractivity contribution >= 4 is 22.6 Å². The molecule has 1 aromatic heterocycles. The zero-order valence-electron chi connectivity index (χ0n) is 9.88. The number of rotatable bonds is 3. The molecule has 90 valence electrons. The molecule has 0 aliphatic rings. The van der Waals surface area contributed by atoms with Crippen LogP contribution in [0, 0.1) is 11.3 Å². The Morgan fingerprint density at radius 2 is 2.06 bits per heavy atom. The molecule has 0 bridgehead atoms. The smallest absolute Gasteiger partial charge is 0.128 e. The van der Waals surface area contributed by atoms with Crippen LogP contribution in [0.3, 0.4) is 0 Å². The van der Waals surface area contributed by atoms with E-state index in [4.69, 9.17) is 10.5 Å². The fourth-order valence-corrected chi connectivity index (χ4v) is 2.41. The monoisotopic (exact) mass is 256 g/mol. The van der Waals surface area contributed by atoms with Gasteiger partial charge in [-0.05, 0) is 23.6 Å². The van der Waals surface area contributed by atoms with E-state index in [1.54, 1.807) is 7.11 Å². The average molecular weight is 256 g/mol. The minimum absolute atomic E-state index is 0.442. The summed E-state index contributed by atoms with van der Waals surface area (Å²) in [5, 5.41) is 11.2. The van der Waals surface area contributed by atoms with Gasteiger partial charge in [0.1, 0.15) is 11.8 Å². The molecule has 0 saturated carbocycles. The Bertz CT molecular complexity index is 609. The van der Waals surface area contributed by atoms with E-state index in [2.05, 4.69) is 6.07 Å². The number of para-hydroxylation sites is 1. The summed E-state index contributed by atoms with van der Waals surface area (Å²) in [5.41, 5.74) is 7.76. The second-order valence-corrected chi connectivity index (χ2v) is 4.53. The van der Waals surface area contributed by atoms with Gasteiger partial charge in [-0.3, -0.25) is 0 Å². The van der Waals surface area contributed by atoms with Gasteiger partial charge >= 0.3 is 0 Å². The first-order valence-electron chi connectivity index (χ1n) is 5.35. The molecule has 0 atom stereocenters. The molecule has 3 nitrogen and oxygen atoms in total. The van der Waals surface area contributed by atoms with E-state index in [1.165, 1.54) is 11.3 Å². The predicted molar refractivity (Wildman–Crippen MR) is 73.9 cm³/mol. The topological polar surface area (TPSA) is 59.0 Å². The van der Waals surface area contributed by atoms with E-state index in [9.17, 15) is 5.26 Å². The first-order chi connectivity index (χ1) is 8.77. The lowest BCUT2D eigenvalue weighted by molar-refractivity contribution is 0.413. The fraction of sp³-hybridized carbons (Fsp3) is 0.0714. The summed E-state index contributed by atoms with van der Waals surface area (Å²) in [6.45, 7) is 0. The summed E-state index contributed by atoms with van der Waals surface area (Å²) in [4.78, 5) is 0.862. The maximum atomic E-state index is 9.27. The SMILES string of the molecule is COc1ccccc1/C(N)=C(/C#N)c1cccs1. The number of ether oxygens (including phenoxy) is 1. The minimum Gasteiger partial charge on any atom is -0.496 e. The second kappa shape index (κ2) is 5.39. The van der Waals surface area contributed by atoms with E-state index in [1.807, 2.05) is 41.8 Å². The van der Waals surface area contributed by atoms with Crippen LogP contribution in [0.1, 0.15) is 10.4 Å². The van der Waals surface area contributed by atoms with Crippen LogP contribution in [-0.2, 0) is 0 Å². The van der Waals surface area contributed by atoms with Crippen molar-refractivity contribution < 1.29 is 4.74 Å². The summed E-state index contributed by atoms with van der Waals surface area (Å²) in [6.07, 6.45) is 0. The van der Waals surface area contributed by atoms with Crippen LogP contribution in [0.25, 0.3) is 11.3 Å². The number of allylic oxidation sites excluding steroid dienone is 1. The lowest BCUT2D eigenvalue weighted by Gasteiger charge is -2.09. The zero-order valence-corrected chi connectivity index (χ0v) is 10.7. The highest BCUT2D eigenvalue weighted by Gasteiger charge is 2.12. The van der Waals surface area contributed by atoms with Crippen LogP contribution < -0.4 is 10.5 Å². The summed E-state index contributed by atoms with van der Waals surface area (Å²) >= 11 is 1.49. The Morgan fingerprint density at radius 3 is 2.67 bits per heavy atom. The minimum atomic E-state index is 0.442. The van der Waals surface area contributed by atoms with Crippen LogP contribution in [0.15, 0.2) is 41.8 Å². The highest BCUT2D eigenvalue weighted by atomic mass is 32.1. The number of nitrogens with zero attached hydrogens (tertiary/aromatic N) is 1. The van der Waals surface area contributed by atoms with E-state index < -0.39 is 0 Å². The maximum Gasteiger partial charge on any atom is 0.128 e. The lowest BCUT2D eigenvalue weighted by atomic mass is 10.1. The van der Waals surface area contributed by atoms with Crippen LogP contribution in [0.4, 0.5) is 0 Å². The number of methoxy groups -OCH3 is 1. The number of nitriles is 1. The van der Waals surface area contributed by atoms with Crippen LogP contribution in [0.5, 0.6) is 5.75 Å². The molecule has 1 aromatic carbocycles. The molecule has 4 heteroatoms. The van der Waals surface area contributed by atoms with E-state index in [0.717, 1.165) is 10.4 Å². The quantitative estimate of drug-likeness (QED) is 0.858. The lowest BCUT2D eigenvalue weighted by Crippen LogP contribution is -2.02. The normalized spacial score (nSPS) is 11.6. The van der Waals surface area contributed by atoms with Crippen LogP contribution in [0.2, 0.25) is 0 Å². The van der Waals surface area contributed by atoms with Crippen molar-refractivity contribution in [3.63, 3.8) is 0 Å². The maximum absolute atomic E-state index is 9.27. The summed E-state index contributed by atoms with van der Waals surface area (Å²) < 4.78 is 5.26. The van der Waals surface area contributed by atoms with E-state index >= 15 is 0 Å². The molecular weight excluding hydrogens is 244 g/mol. The van der Waals surface area contributed by atoms with Crippen molar-refractivity contribution in [2.24, 2.45) is 5.73 Å². The molecule has 0 saturated heterocycles. The van der Waals surface area contributed by atoms with Gasteiger partial charge in [0, 0.05) is 10.4 Å². The molecule has 0 fully saturated rings. The van der Waals surface area contributed by atoms with E-state index in [0.29, 0.717) is 17.0 Å². The second-order valence-electron chi connectivity index (χ2n) is 3.58. The molecule has 2 N–H and O–H groups in total. The number of hydrogen-bond donors (Lipinski definition) is 1. The van der Waals surface area contributed by atoms with Gasteiger partial charge in [-0.1, -0.05) is 18.2 Å². The third kappa shape index (κ3) is 2.22. The molecule has 0 radical (unpaired) electrons. The van der Waals surface area contributed by atoms with Gasteiger partial charge in [0.2, 0.25) is 0 Å². The molecular formula is C14H12N2OS. The number of nitrogens with two attached hydrogens (primary N) is 1. The third-order valence-electron chi connectivity index (χ3n) is 2.55. The first kappa shape index (κ1) is 12.2. The van der Waals surface area contributed by atoms with Gasteiger partial charge in [0.05, 0.1) is 18.4 Å². The molecule has 0 amide bonds. The van der Waals surface area contributed by atoms with Gasteiger partial charge in [-0.25, -0.2) is 0 Å². The summed E-state index contributed by atoms with van der Waals surface area (Å²) in [5.74, 6) is 0.666. The van der Waals surface area contributed by atoms with Crippen molar-refractivity contribution in [2.75, 3.05) is 7.11 Å². The number of benzene rings is 1. The molecule has 2 aromatic rings. The Labute approximate surface area is 110 Å². The number of thiophene rings is 1. The fourth-order valence-electron chi connectivity index (χ4n) is 1.67. The van der Waals surface area contributed by atoms with Crippen LogP contribution in [-0.4, -0.2) is 7.11 Å². The Hall–Kier alpha value is -2.25. The largest absolute Gasteiger partial charge is 0.496 e. The molecule has 18 heavy (non-hydrogen) atoms. The van der Waals surface area contributed by atoms with Crippen molar-refractivity contribution in [3.05, 3.63) is 52.2 Å². The molecule has 0 unspecified atom stereocenters. The molecule has 0 aliphatic heterocycles. The average Bonchev–Trinajstić information content (AvgIpc) is 2.93. The van der Waals surface area contributed by atoms with Gasteiger partial charge in [0.15, 0.2) is 0 Å². The molecule has 1 heterocycles. The Morgan fingerprint density at radius 1 is 1.28 bits per heavy atom. The molecule has 2 rings (SSSR count). The highest BCUT2D eigenvalue weighted by Crippen LogP contribution is 2.30. The third-order valence-corrected chi connectivity index (χ3v) is 3.43. The van der Waals surface area contributed by atoms with Gasteiger partial charge < -0.3 is 10.5 Å². The Kier molecular flexibility index (Phi) is 3.66. The summed E-state index contributed by atoms with van der Waals surface area (Å²) in [7, 11) is 1.59. The molecule has 0 spiro atoms.